The second-order valence-corrected chi connectivity index (χ2v) is 6.42. The number of hydrogen-bond acceptors (Lipinski definition) is 2. The second kappa shape index (κ2) is 5.32. The first-order valence-electron chi connectivity index (χ1n) is 6.81. The van der Waals surface area contributed by atoms with Gasteiger partial charge in [-0.2, -0.15) is 0 Å². The first-order chi connectivity index (χ1) is 8.91. The number of halogens is 1. The Hall–Kier alpha value is -1.38. The van der Waals surface area contributed by atoms with E-state index in [0.29, 0.717) is 18.0 Å². The molecule has 19 heavy (non-hydrogen) atoms. The minimum atomic E-state index is -0.518. The molecule has 0 bridgehead atoms. The highest BCUT2D eigenvalue weighted by molar-refractivity contribution is 5.79. The molecule has 0 heterocycles. The topological polar surface area (TPSA) is 26.3 Å². The maximum absolute atomic E-state index is 13.5. The average molecular weight is 264 g/mol. The summed E-state index contributed by atoms with van der Waals surface area (Å²) in [4.78, 5) is 11.0. The van der Waals surface area contributed by atoms with Crippen molar-refractivity contribution in [3.63, 3.8) is 0 Å². The number of hydrogen-bond donors (Lipinski definition) is 0. The van der Waals surface area contributed by atoms with E-state index in [2.05, 4.69) is 20.8 Å². The van der Waals surface area contributed by atoms with E-state index < -0.39 is 5.82 Å². The summed E-state index contributed by atoms with van der Waals surface area (Å²) in [5.74, 6) is 0.433. The highest BCUT2D eigenvalue weighted by Gasteiger charge is 2.33. The fourth-order valence-electron chi connectivity index (χ4n) is 3.26. The summed E-state index contributed by atoms with van der Waals surface area (Å²) in [5, 5.41) is 0. The molecule has 3 heteroatoms. The van der Waals surface area contributed by atoms with Crippen LogP contribution in [0.5, 0.6) is 5.75 Å². The Morgan fingerprint density at radius 1 is 1.37 bits per heavy atom. The van der Waals surface area contributed by atoms with Crippen molar-refractivity contribution in [3.8, 4) is 5.75 Å². The molecule has 1 aliphatic rings. The predicted molar refractivity (Wildman–Crippen MR) is 73.0 cm³/mol. The summed E-state index contributed by atoms with van der Waals surface area (Å²) in [6, 6.07) is 4.53. The van der Waals surface area contributed by atoms with Crippen LogP contribution in [-0.4, -0.2) is 12.4 Å². The lowest BCUT2D eigenvalue weighted by Crippen LogP contribution is -2.34. The monoisotopic (exact) mass is 264 g/mol. The third-order valence-corrected chi connectivity index (χ3v) is 3.77. The molecule has 2 rings (SSSR count). The first kappa shape index (κ1) is 14.0. The van der Waals surface area contributed by atoms with Crippen molar-refractivity contribution in [2.24, 2.45) is 11.3 Å². The molecule has 1 aromatic rings. The number of benzene rings is 1. The zero-order valence-electron chi connectivity index (χ0n) is 11.8. The van der Waals surface area contributed by atoms with E-state index in [0.717, 1.165) is 12.8 Å². The number of rotatable bonds is 3. The molecule has 2 nitrogen and oxygen atoms in total. The van der Waals surface area contributed by atoms with Gasteiger partial charge in [0.2, 0.25) is 0 Å². The SMILES string of the molecule is CC1CC(Oc2cccc(F)c2C=O)CC(C)(C)C1. The van der Waals surface area contributed by atoms with Crippen LogP contribution in [0, 0.1) is 17.2 Å². The lowest BCUT2D eigenvalue weighted by Gasteiger charge is -2.39. The van der Waals surface area contributed by atoms with Crippen LogP contribution in [0.15, 0.2) is 18.2 Å². The minimum Gasteiger partial charge on any atom is -0.490 e. The van der Waals surface area contributed by atoms with Gasteiger partial charge in [0.15, 0.2) is 6.29 Å². The molecule has 0 aromatic heterocycles. The Morgan fingerprint density at radius 3 is 2.74 bits per heavy atom. The van der Waals surface area contributed by atoms with Gasteiger partial charge in [0.05, 0.1) is 11.7 Å². The molecular formula is C16H21FO2. The molecule has 0 amide bonds. The number of ether oxygens (including phenoxy) is 1. The largest absolute Gasteiger partial charge is 0.490 e. The standard InChI is InChI=1S/C16H21FO2/c1-11-7-12(9-16(2,3)8-11)19-15-6-4-5-14(17)13(15)10-18/h4-6,10-12H,7-9H2,1-3H3. The average Bonchev–Trinajstić information content (AvgIpc) is 2.26. The lowest BCUT2D eigenvalue weighted by atomic mass is 9.71. The van der Waals surface area contributed by atoms with E-state index >= 15 is 0 Å². The fourth-order valence-corrected chi connectivity index (χ4v) is 3.26. The number of carbonyl (C=O) groups excluding carboxylic acids is 1. The minimum absolute atomic E-state index is 0.0264. The molecule has 0 radical (unpaired) electrons. The zero-order valence-corrected chi connectivity index (χ0v) is 11.8. The van der Waals surface area contributed by atoms with E-state index in [1.165, 1.54) is 12.5 Å². The smallest absolute Gasteiger partial charge is 0.156 e. The molecule has 104 valence electrons. The van der Waals surface area contributed by atoms with Gasteiger partial charge in [0.25, 0.3) is 0 Å². The van der Waals surface area contributed by atoms with Crippen LogP contribution in [-0.2, 0) is 0 Å². The van der Waals surface area contributed by atoms with Gasteiger partial charge >= 0.3 is 0 Å². The summed E-state index contributed by atoms with van der Waals surface area (Å²) in [6.07, 6.45) is 3.66. The van der Waals surface area contributed by atoms with Crippen LogP contribution in [0.2, 0.25) is 0 Å². The van der Waals surface area contributed by atoms with Gasteiger partial charge in [0.1, 0.15) is 11.6 Å². The van der Waals surface area contributed by atoms with E-state index in [9.17, 15) is 9.18 Å². The predicted octanol–water partition coefficient (Wildman–Crippen LogP) is 4.23. The summed E-state index contributed by atoms with van der Waals surface area (Å²) in [7, 11) is 0. The van der Waals surface area contributed by atoms with Gasteiger partial charge in [0, 0.05) is 0 Å². The molecular weight excluding hydrogens is 243 g/mol. The molecule has 0 saturated heterocycles. The van der Waals surface area contributed by atoms with Crippen LogP contribution in [0.25, 0.3) is 0 Å². The molecule has 1 aromatic carbocycles. The van der Waals surface area contributed by atoms with E-state index in [1.54, 1.807) is 12.1 Å². The molecule has 0 aliphatic heterocycles. The third-order valence-electron chi connectivity index (χ3n) is 3.77. The van der Waals surface area contributed by atoms with Crippen molar-refractivity contribution in [3.05, 3.63) is 29.6 Å². The van der Waals surface area contributed by atoms with Crippen molar-refractivity contribution < 1.29 is 13.9 Å². The Bertz CT molecular complexity index is 468. The van der Waals surface area contributed by atoms with Crippen LogP contribution in [0.3, 0.4) is 0 Å². The van der Waals surface area contributed by atoms with E-state index in [4.69, 9.17) is 4.74 Å². The van der Waals surface area contributed by atoms with Gasteiger partial charge in [-0.3, -0.25) is 4.79 Å². The van der Waals surface area contributed by atoms with Gasteiger partial charge < -0.3 is 4.74 Å². The highest BCUT2D eigenvalue weighted by Crippen LogP contribution is 2.40. The van der Waals surface area contributed by atoms with Crippen LogP contribution in [0.1, 0.15) is 50.4 Å². The van der Waals surface area contributed by atoms with Crippen LogP contribution < -0.4 is 4.74 Å². The second-order valence-electron chi connectivity index (χ2n) is 6.42. The molecule has 0 N–H and O–H groups in total. The van der Waals surface area contributed by atoms with E-state index in [1.807, 2.05) is 0 Å². The summed E-state index contributed by atoms with van der Waals surface area (Å²) in [6.45, 7) is 6.67. The fraction of sp³-hybridized carbons (Fsp3) is 0.562. The maximum atomic E-state index is 13.5. The highest BCUT2D eigenvalue weighted by atomic mass is 19.1. The van der Waals surface area contributed by atoms with Gasteiger partial charge in [-0.05, 0) is 42.7 Å². The Balaban J connectivity index is 2.17. The quantitative estimate of drug-likeness (QED) is 0.764. The number of aldehydes is 1. The zero-order chi connectivity index (χ0) is 14.0. The first-order valence-corrected chi connectivity index (χ1v) is 6.81. The Kier molecular flexibility index (Phi) is 3.93. The molecule has 1 aliphatic carbocycles. The van der Waals surface area contributed by atoms with Crippen molar-refractivity contribution in [1.82, 2.24) is 0 Å². The van der Waals surface area contributed by atoms with Crippen LogP contribution in [0.4, 0.5) is 4.39 Å². The summed E-state index contributed by atoms with van der Waals surface area (Å²) < 4.78 is 19.4. The van der Waals surface area contributed by atoms with Crippen LogP contribution >= 0.6 is 0 Å². The van der Waals surface area contributed by atoms with Gasteiger partial charge in [-0.1, -0.05) is 26.8 Å². The van der Waals surface area contributed by atoms with E-state index in [-0.39, 0.29) is 17.1 Å². The van der Waals surface area contributed by atoms with Crippen molar-refractivity contribution >= 4 is 6.29 Å². The number of carbonyl (C=O) groups is 1. The molecule has 2 unspecified atom stereocenters. The van der Waals surface area contributed by atoms with Gasteiger partial charge in [-0.15, -0.1) is 0 Å². The van der Waals surface area contributed by atoms with Crippen molar-refractivity contribution in [2.75, 3.05) is 0 Å². The normalized spacial score (nSPS) is 25.9. The molecule has 0 spiro atoms. The Morgan fingerprint density at radius 2 is 2.11 bits per heavy atom. The lowest BCUT2D eigenvalue weighted by molar-refractivity contribution is 0.0555. The maximum Gasteiger partial charge on any atom is 0.156 e. The summed E-state index contributed by atoms with van der Waals surface area (Å²) in [5.41, 5.74) is 0.260. The van der Waals surface area contributed by atoms with Gasteiger partial charge in [-0.25, -0.2) is 4.39 Å². The van der Waals surface area contributed by atoms with Crippen molar-refractivity contribution in [2.45, 2.75) is 46.1 Å². The third kappa shape index (κ3) is 3.34. The summed E-state index contributed by atoms with van der Waals surface area (Å²) >= 11 is 0. The molecule has 2 atom stereocenters. The van der Waals surface area contributed by atoms with Crippen molar-refractivity contribution in [1.29, 1.82) is 0 Å². The molecule has 1 fully saturated rings. The molecule has 1 saturated carbocycles. The Labute approximate surface area is 114 Å².